The van der Waals surface area contributed by atoms with Crippen LogP contribution < -0.4 is 5.32 Å². The van der Waals surface area contributed by atoms with Gasteiger partial charge < -0.3 is 14.8 Å². The van der Waals surface area contributed by atoms with Crippen LogP contribution in [0.3, 0.4) is 0 Å². The van der Waals surface area contributed by atoms with Crippen molar-refractivity contribution < 1.29 is 27.4 Å². The Bertz CT molecular complexity index is 284. The molecule has 4 nitrogen and oxygen atoms in total. The molecule has 1 N–H and O–H groups in total. The SMILES string of the molecule is CCCNC(C)(CC(C)OCC(F)(F)F)C(=O)OC. The van der Waals surface area contributed by atoms with E-state index in [0.717, 1.165) is 6.42 Å². The van der Waals surface area contributed by atoms with Crippen molar-refractivity contribution in [1.29, 1.82) is 0 Å². The van der Waals surface area contributed by atoms with Crippen molar-refractivity contribution in [3.05, 3.63) is 0 Å². The highest BCUT2D eigenvalue weighted by molar-refractivity contribution is 5.80. The van der Waals surface area contributed by atoms with Crippen molar-refractivity contribution >= 4 is 5.97 Å². The maximum Gasteiger partial charge on any atom is 0.411 e. The van der Waals surface area contributed by atoms with Crippen molar-refractivity contribution in [2.45, 2.75) is 51.4 Å². The molecule has 0 radical (unpaired) electrons. The van der Waals surface area contributed by atoms with E-state index in [0.29, 0.717) is 6.54 Å². The minimum Gasteiger partial charge on any atom is -0.468 e. The average Bonchev–Trinajstić information content (AvgIpc) is 2.32. The van der Waals surface area contributed by atoms with Gasteiger partial charge in [0.1, 0.15) is 12.1 Å². The lowest BCUT2D eigenvalue weighted by atomic mass is 9.94. The first-order chi connectivity index (χ1) is 8.64. The highest BCUT2D eigenvalue weighted by Gasteiger charge is 2.37. The van der Waals surface area contributed by atoms with E-state index in [4.69, 9.17) is 4.74 Å². The summed E-state index contributed by atoms with van der Waals surface area (Å²) in [5.74, 6) is -0.511. The lowest BCUT2D eigenvalue weighted by Crippen LogP contribution is -2.52. The highest BCUT2D eigenvalue weighted by atomic mass is 19.4. The predicted octanol–water partition coefficient (Wildman–Crippen LogP) is 2.28. The molecule has 0 bridgehead atoms. The second-order valence-electron chi connectivity index (χ2n) is 4.69. The first kappa shape index (κ1) is 18.2. The molecule has 0 aliphatic heterocycles. The first-order valence-electron chi connectivity index (χ1n) is 6.16. The van der Waals surface area contributed by atoms with Gasteiger partial charge in [-0.05, 0) is 26.8 Å². The molecule has 114 valence electrons. The van der Waals surface area contributed by atoms with Crippen LogP contribution >= 0.6 is 0 Å². The molecule has 0 aromatic rings. The van der Waals surface area contributed by atoms with Gasteiger partial charge in [-0.3, -0.25) is 4.79 Å². The Balaban J connectivity index is 4.50. The van der Waals surface area contributed by atoms with Crippen molar-refractivity contribution in [2.24, 2.45) is 0 Å². The van der Waals surface area contributed by atoms with Crippen LogP contribution in [0.2, 0.25) is 0 Å². The summed E-state index contributed by atoms with van der Waals surface area (Å²) in [6, 6.07) is 0. The van der Waals surface area contributed by atoms with Gasteiger partial charge in [-0.1, -0.05) is 6.92 Å². The fourth-order valence-electron chi connectivity index (χ4n) is 1.72. The number of carbonyl (C=O) groups is 1. The van der Waals surface area contributed by atoms with Crippen LogP contribution in [0.15, 0.2) is 0 Å². The second-order valence-corrected chi connectivity index (χ2v) is 4.69. The number of nitrogens with one attached hydrogen (secondary N) is 1. The summed E-state index contributed by atoms with van der Waals surface area (Å²) in [4.78, 5) is 11.7. The Labute approximate surface area is 111 Å². The van der Waals surface area contributed by atoms with Crippen LogP contribution in [0.5, 0.6) is 0 Å². The summed E-state index contributed by atoms with van der Waals surface area (Å²) in [6.45, 7) is 4.27. The Morgan fingerprint density at radius 3 is 2.37 bits per heavy atom. The van der Waals surface area contributed by atoms with Gasteiger partial charge in [0.2, 0.25) is 0 Å². The molecule has 2 unspecified atom stereocenters. The molecule has 0 aliphatic carbocycles. The third-order valence-corrected chi connectivity index (χ3v) is 2.63. The molecule has 0 aromatic heterocycles. The molecule has 0 spiro atoms. The van der Waals surface area contributed by atoms with E-state index < -0.39 is 30.4 Å². The number of alkyl halides is 3. The van der Waals surface area contributed by atoms with Gasteiger partial charge >= 0.3 is 12.1 Å². The molecule has 2 atom stereocenters. The summed E-state index contributed by atoms with van der Waals surface area (Å²) in [5.41, 5.74) is -1.05. The predicted molar refractivity (Wildman–Crippen MR) is 64.8 cm³/mol. The molecule has 0 aliphatic rings. The molecule has 7 heteroatoms. The van der Waals surface area contributed by atoms with Crippen LogP contribution in [0.25, 0.3) is 0 Å². The fourth-order valence-corrected chi connectivity index (χ4v) is 1.72. The molecule has 0 heterocycles. The summed E-state index contributed by atoms with van der Waals surface area (Å²) in [5, 5.41) is 2.99. The molecule has 0 rings (SSSR count). The van der Waals surface area contributed by atoms with Gasteiger partial charge in [-0.2, -0.15) is 13.2 Å². The van der Waals surface area contributed by atoms with E-state index >= 15 is 0 Å². The molecular formula is C12H22F3NO3. The van der Waals surface area contributed by atoms with Gasteiger partial charge in [0.05, 0.1) is 13.2 Å². The van der Waals surface area contributed by atoms with Crippen molar-refractivity contribution in [2.75, 3.05) is 20.3 Å². The number of ether oxygens (including phenoxy) is 2. The maximum atomic E-state index is 12.0. The zero-order valence-electron chi connectivity index (χ0n) is 11.8. The lowest BCUT2D eigenvalue weighted by molar-refractivity contribution is -0.186. The number of methoxy groups -OCH3 is 1. The van der Waals surface area contributed by atoms with Crippen molar-refractivity contribution in [1.82, 2.24) is 5.32 Å². The van der Waals surface area contributed by atoms with Gasteiger partial charge in [0, 0.05) is 6.42 Å². The number of halogens is 3. The molecule has 0 saturated heterocycles. The number of rotatable bonds is 8. The quantitative estimate of drug-likeness (QED) is 0.695. The minimum absolute atomic E-state index is 0.107. The van der Waals surface area contributed by atoms with E-state index in [1.807, 2.05) is 6.92 Å². The number of esters is 1. The third kappa shape index (κ3) is 7.37. The second kappa shape index (κ2) is 7.69. The van der Waals surface area contributed by atoms with Crippen molar-refractivity contribution in [3.8, 4) is 0 Å². The molecule has 0 amide bonds. The fraction of sp³-hybridized carbons (Fsp3) is 0.917. The zero-order chi connectivity index (χ0) is 15.1. The normalized spacial score (nSPS) is 16.8. The molecule has 0 saturated carbocycles. The summed E-state index contributed by atoms with van der Waals surface area (Å²) in [7, 11) is 1.25. The van der Waals surface area contributed by atoms with Crippen LogP contribution in [0, 0.1) is 0 Å². The average molecular weight is 285 g/mol. The maximum absolute atomic E-state index is 12.0. The number of carbonyl (C=O) groups excluding carboxylic acids is 1. The van der Waals surface area contributed by atoms with Crippen LogP contribution in [0.4, 0.5) is 13.2 Å². The van der Waals surface area contributed by atoms with Gasteiger partial charge in [-0.15, -0.1) is 0 Å². The van der Waals surface area contributed by atoms with Crippen LogP contribution in [0.1, 0.15) is 33.6 Å². The van der Waals surface area contributed by atoms with Gasteiger partial charge in [0.15, 0.2) is 0 Å². The van der Waals surface area contributed by atoms with Crippen molar-refractivity contribution in [3.63, 3.8) is 0 Å². The monoisotopic (exact) mass is 285 g/mol. The van der Waals surface area contributed by atoms with E-state index in [9.17, 15) is 18.0 Å². The zero-order valence-corrected chi connectivity index (χ0v) is 11.8. The first-order valence-corrected chi connectivity index (χ1v) is 6.16. The Hall–Kier alpha value is -0.820. The third-order valence-electron chi connectivity index (χ3n) is 2.63. The molecule has 0 fully saturated rings. The van der Waals surface area contributed by atoms with E-state index in [1.54, 1.807) is 6.92 Å². The Kier molecular flexibility index (Phi) is 7.36. The van der Waals surface area contributed by atoms with Gasteiger partial charge in [-0.25, -0.2) is 0 Å². The minimum atomic E-state index is -4.37. The standard InChI is InChI=1S/C12H22F3NO3/c1-5-6-16-11(3,10(17)18-4)7-9(2)19-8-12(13,14)15/h9,16H,5-8H2,1-4H3. The van der Waals surface area contributed by atoms with E-state index in [2.05, 4.69) is 10.1 Å². The summed E-state index contributed by atoms with van der Waals surface area (Å²) < 4.78 is 45.5. The summed E-state index contributed by atoms with van der Waals surface area (Å²) in [6.07, 6.45) is -4.18. The molecule has 0 aromatic carbocycles. The molecule has 19 heavy (non-hydrogen) atoms. The Morgan fingerprint density at radius 2 is 1.95 bits per heavy atom. The number of hydrogen-bond acceptors (Lipinski definition) is 4. The van der Waals surface area contributed by atoms with E-state index in [1.165, 1.54) is 14.0 Å². The lowest BCUT2D eigenvalue weighted by Gasteiger charge is -2.30. The largest absolute Gasteiger partial charge is 0.468 e. The van der Waals surface area contributed by atoms with Gasteiger partial charge in [0.25, 0.3) is 0 Å². The smallest absolute Gasteiger partial charge is 0.411 e. The van der Waals surface area contributed by atoms with Crippen LogP contribution in [-0.2, 0) is 14.3 Å². The number of hydrogen-bond donors (Lipinski definition) is 1. The van der Waals surface area contributed by atoms with Crippen LogP contribution in [-0.4, -0.2) is 44.0 Å². The highest BCUT2D eigenvalue weighted by Crippen LogP contribution is 2.20. The molecular weight excluding hydrogens is 263 g/mol. The topological polar surface area (TPSA) is 47.6 Å². The summed E-state index contributed by atoms with van der Waals surface area (Å²) >= 11 is 0. The van der Waals surface area contributed by atoms with E-state index in [-0.39, 0.29) is 6.42 Å². The Morgan fingerprint density at radius 1 is 1.37 bits per heavy atom.